The van der Waals surface area contributed by atoms with Gasteiger partial charge in [0.2, 0.25) is 0 Å². The van der Waals surface area contributed by atoms with Gasteiger partial charge in [-0.15, -0.1) is 0 Å². The van der Waals surface area contributed by atoms with Crippen LogP contribution in [0.25, 0.3) is 0 Å². The Morgan fingerprint density at radius 2 is 2.29 bits per heavy atom. The molecular formula is C12H18N2. The van der Waals surface area contributed by atoms with Crippen LogP contribution in [-0.2, 0) is 0 Å². The lowest BCUT2D eigenvalue weighted by Gasteiger charge is -2.26. The predicted octanol–water partition coefficient (Wildman–Crippen LogP) is 1.66. The zero-order valence-electron chi connectivity index (χ0n) is 8.85. The van der Waals surface area contributed by atoms with Crippen molar-refractivity contribution in [3.05, 3.63) is 36.1 Å². The van der Waals surface area contributed by atoms with Crippen LogP contribution in [0, 0.1) is 5.92 Å². The summed E-state index contributed by atoms with van der Waals surface area (Å²) >= 11 is 0. The number of hydrogen-bond acceptors (Lipinski definition) is 2. The van der Waals surface area contributed by atoms with Gasteiger partial charge in [0, 0.05) is 19.0 Å². The molecule has 0 fully saturated rings. The van der Waals surface area contributed by atoms with Gasteiger partial charge in [-0.25, -0.2) is 0 Å². The third-order valence-corrected chi connectivity index (χ3v) is 2.88. The van der Waals surface area contributed by atoms with Crippen LogP contribution >= 0.6 is 0 Å². The molecular weight excluding hydrogens is 172 g/mol. The van der Waals surface area contributed by atoms with E-state index in [-0.39, 0.29) is 6.04 Å². The third kappa shape index (κ3) is 1.75. The molecule has 2 aliphatic rings. The van der Waals surface area contributed by atoms with E-state index in [4.69, 9.17) is 5.73 Å². The van der Waals surface area contributed by atoms with E-state index < -0.39 is 0 Å². The second-order valence-corrected chi connectivity index (χ2v) is 4.36. The van der Waals surface area contributed by atoms with Gasteiger partial charge in [0.05, 0.1) is 6.04 Å². The Hall–Kier alpha value is -1.02. The second-order valence-electron chi connectivity index (χ2n) is 4.36. The molecule has 0 bridgehead atoms. The van der Waals surface area contributed by atoms with Crippen molar-refractivity contribution in [3.63, 3.8) is 0 Å². The van der Waals surface area contributed by atoms with Crippen LogP contribution in [0.1, 0.15) is 13.3 Å². The number of rotatable bonds is 2. The summed E-state index contributed by atoms with van der Waals surface area (Å²) in [6.07, 6.45) is 12.2. The minimum absolute atomic E-state index is 0.252. The van der Waals surface area contributed by atoms with E-state index in [2.05, 4.69) is 49.4 Å². The Balaban J connectivity index is 2.10. The molecule has 2 nitrogen and oxygen atoms in total. The maximum absolute atomic E-state index is 5.79. The first-order valence-electron chi connectivity index (χ1n) is 5.21. The highest BCUT2D eigenvalue weighted by molar-refractivity contribution is 5.33. The maximum Gasteiger partial charge on any atom is 0.0568 e. The lowest BCUT2D eigenvalue weighted by atomic mass is 9.91. The summed E-state index contributed by atoms with van der Waals surface area (Å²) in [5.74, 6) is 0.567. The monoisotopic (exact) mass is 190 g/mol. The van der Waals surface area contributed by atoms with E-state index in [1.54, 1.807) is 0 Å². The van der Waals surface area contributed by atoms with Crippen LogP contribution in [0.3, 0.4) is 0 Å². The average molecular weight is 190 g/mol. The Labute approximate surface area is 85.8 Å². The summed E-state index contributed by atoms with van der Waals surface area (Å²) in [7, 11) is 2.13. The first kappa shape index (κ1) is 9.53. The summed E-state index contributed by atoms with van der Waals surface area (Å²) in [5.41, 5.74) is 7.16. The van der Waals surface area contributed by atoms with Crippen molar-refractivity contribution in [1.29, 1.82) is 0 Å². The second kappa shape index (κ2) is 3.62. The molecule has 3 atom stereocenters. The van der Waals surface area contributed by atoms with Crippen LogP contribution in [0.5, 0.6) is 0 Å². The van der Waals surface area contributed by atoms with E-state index in [1.807, 2.05) is 0 Å². The largest absolute Gasteiger partial charge is 0.373 e. The van der Waals surface area contributed by atoms with Crippen molar-refractivity contribution in [2.45, 2.75) is 25.4 Å². The summed E-state index contributed by atoms with van der Waals surface area (Å²) < 4.78 is 0. The van der Waals surface area contributed by atoms with E-state index in [1.165, 1.54) is 5.57 Å². The summed E-state index contributed by atoms with van der Waals surface area (Å²) in [6, 6.07) is 0.774. The van der Waals surface area contributed by atoms with Gasteiger partial charge in [0.25, 0.3) is 0 Å². The van der Waals surface area contributed by atoms with E-state index in [9.17, 15) is 0 Å². The van der Waals surface area contributed by atoms with Crippen LogP contribution in [0.4, 0.5) is 0 Å². The molecule has 0 aromatic heterocycles. The molecule has 0 aromatic carbocycles. The summed E-state index contributed by atoms with van der Waals surface area (Å²) in [4.78, 5) is 2.26. The smallest absolute Gasteiger partial charge is 0.0568 e. The SMILES string of the molecule is CC(N)CC1=CC2C(C=C1)C=CN2C. The summed E-state index contributed by atoms with van der Waals surface area (Å²) in [6.45, 7) is 2.05. The van der Waals surface area contributed by atoms with Crippen molar-refractivity contribution in [1.82, 2.24) is 4.90 Å². The molecule has 2 heteroatoms. The number of nitrogens with two attached hydrogens (primary N) is 1. The fraction of sp³-hybridized carbons (Fsp3) is 0.500. The van der Waals surface area contributed by atoms with Crippen molar-refractivity contribution < 1.29 is 0 Å². The van der Waals surface area contributed by atoms with E-state index in [0.717, 1.165) is 6.42 Å². The standard InChI is InChI=1S/C12H18N2/c1-9(13)7-10-3-4-11-5-6-14(2)12(11)8-10/h3-6,8-9,11-12H,7,13H2,1-2H3. The molecule has 1 heterocycles. The van der Waals surface area contributed by atoms with Crippen molar-refractivity contribution in [2.24, 2.45) is 11.7 Å². The van der Waals surface area contributed by atoms with Gasteiger partial charge in [-0.2, -0.15) is 0 Å². The van der Waals surface area contributed by atoms with Crippen LogP contribution < -0.4 is 5.73 Å². The molecule has 14 heavy (non-hydrogen) atoms. The minimum Gasteiger partial charge on any atom is -0.373 e. The topological polar surface area (TPSA) is 29.3 Å². The first-order chi connectivity index (χ1) is 6.66. The highest BCUT2D eigenvalue weighted by Gasteiger charge is 2.25. The molecule has 0 amide bonds. The van der Waals surface area contributed by atoms with Crippen molar-refractivity contribution in [2.75, 3.05) is 7.05 Å². The number of fused-ring (bicyclic) bond motifs is 1. The average Bonchev–Trinajstić information content (AvgIpc) is 2.47. The van der Waals surface area contributed by atoms with Crippen molar-refractivity contribution >= 4 is 0 Å². The molecule has 1 aliphatic heterocycles. The highest BCUT2D eigenvalue weighted by Crippen LogP contribution is 2.28. The molecule has 2 rings (SSSR count). The van der Waals surface area contributed by atoms with E-state index in [0.29, 0.717) is 12.0 Å². The molecule has 3 unspecified atom stereocenters. The Morgan fingerprint density at radius 1 is 1.50 bits per heavy atom. The number of nitrogens with zero attached hydrogens (tertiary/aromatic N) is 1. The van der Waals surface area contributed by atoms with Gasteiger partial charge in [-0.1, -0.05) is 24.3 Å². The number of likely N-dealkylation sites (N-methyl/N-ethyl adjacent to an activating group) is 1. The van der Waals surface area contributed by atoms with Gasteiger partial charge < -0.3 is 10.6 Å². The Kier molecular flexibility index (Phi) is 2.46. The van der Waals surface area contributed by atoms with Gasteiger partial charge in [0.15, 0.2) is 0 Å². The quantitative estimate of drug-likeness (QED) is 0.717. The Morgan fingerprint density at radius 3 is 3.00 bits per heavy atom. The number of hydrogen-bond donors (Lipinski definition) is 1. The molecule has 2 N–H and O–H groups in total. The molecule has 76 valence electrons. The van der Waals surface area contributed by atoms with E-state index >= 15 is 0 Å². The van der Waals surface area contributed by atoms with Crippen LogP contribution in [0.2, 0.25) is 0 Å². The summed E-state index contributed by atoms with van der Waals surface area (Å²) in [5, 5.41) is 0. The molecule has 0 aromatic rings. The van der Waals surface area contributed by atoms with Crippen LogP contribution in [0.15, 0.2) is 36.1 Å². The Bertz CT molecular complexity index is 299. The lowest BCUT2D eigenvalue weighted by Crippen LogP contribution is -2.28. The van der Waals surface area contributed by atoms with Crippen molar-refractivity contribution in [3.8, 4) is 0 Å². The molecule has 0 radical (unpaired) electrons. The number of allylic oxidation sites excluding steroid dienone is 1. The zero-order valence-corrected chi connectivity index (χ0v) is 8.85. The zero-order chi connectivity index (χ0) is 10.1. The lowest BCUT2D eigenvalue weighted by molar-refractivity contribution is 0.378. The van der Waals surface area contributed by atoms with Gasteiger partial charge in [-0.05, 0) is 25.1 Å². The molecule has 0 spiro atoms. The molecule has 1 aliphatic carbocycles. The van der Waals surface area contributed by atoms with Gasteiger partial charge in [0.1, 0.15) is 0 Å². The van der Waals surface area contributed by atoms with Gasteiger partial charge >= 0.3 is 0 Å². The highest BCUT2D eigenvalue weighted by atomic mass is 15.1. The minimum atomic E-state index is 0.252. The first-order valence-corrected chi connectivity index (χ1v) is 5.21. The molecule has 0 saturated carbocycles. The normalized spacial score (nSPS) is 31.6. The predicted molar refractivity (Wildman–Crippen MR) is 59.7 cm³/mol. The fourth-order valence-corrected chi connectivity index (χ4v) is 2.14. The third-order valence-electron chi connectivity index (χ3n) is 2.88. The van der Waals surface area contributed by atoms with Gasteiger partial charge in [-0.3, -0.25) is 0 Å². The maximum atomic E-state index is 5.79. The molecule has 0 saturated heterocycles. The fourth-order valence-electron chi connectivity index (χ4n) is 2.14. The van der Waals surface area contributed by atoms with Crippen LogP contribution in [-0.4, -0.2) is 24.0 Å².